The Balaban J connectivity index is 1.93. The van der Waals surface area contributed by atoms with E-state index >= 15 is 0 Å². The third-order valence-electron chi connectivity index (χ3n) is 4.07. The molecule has 0 saturated heterocycles. The van der Waals surface area contributed by atoms with Gasteiger partial charge in [-0.2, -0.15) is 0 Å². The van der Waals surface area contributed by atoms with Gasteiger partial charge in [0.2, 0.25) is 5.91 Å². The van der Waals surface area contributed by atoms with Crippen LogP contribution < -0.4 is 5.32 Å². The number of anilines is 1. The van der Waals surface area contributed by atoms with Crippen molar-refractivity contribution in [2.45, 2.75) is 32.2 Å². The van der Waals surface area contributed by atoms with Crippen molar-refractivity contribution in [1.29, 1.82) is 0 Å². The van der Waals surface area contributed by atoms with Crippen molar-refractivity contribution in [3.8, 4) is 0 Å². The van der Waals surface area contributed by atoms with E-state index in [1.165, 1.54) is 5.56 Å². The highest BCUT2D eigenvalue weighted by Crippen LogP contribution is 2.25. The smallest absolute Gasteiger partial charge is 0.245 e. The van der Waals surface area contributed by atoms with Crippen molar-refractivity contribution in [3.05, 3.63) is 29.8 Å². The standard InChI is InChI=1S/C17H27N3O/c1-4-20(13-7-12-19(2)3)17(21)16-11-10-14-8-5-6-9-15(14)18-16/h5-6,8-9,16,18H,4,7,10-13H2,1-3H3. The normalized spacial score (nSPS) is 17.2. The molecule has 4 heteroatoms. The van der Waals surface area contributed by atoms with Crippen LogP contribution in [-0.4, -0.2) is 55.5 Å². The molecule has 1 aliphatic heterocycles. The summed E-state index contributed by atoms with van der Waals surface area (Å²) in [6.45, 7) is 4.70. The molecular formula is C17H27N3O. The zero-order valence-corrected chi connectivity index (χ0v) is 13.4. The second kappa shape index (κ2) is 7.46. The van der Waals surface area contributed by atoms with Gasteiger partial charge in [-0.05, 0) is 58.5 Å². The number of fused-ring (bicyclic) bond motifs is 1. The maximum absolute atomic E-state index is 12.7. The highest BCUT2D eigenvalue weighted by Gasteiger charge is 2.26. The van der Waals surface area contributed by atoms with Gasteiger partial charge in [0.1, 0.15) is 6.04 Å². The van der Waals surface area contributed by atoms with Crippen molar-refractivity contribution in [1.82, 2.24) is 9.80 Å². The summed E-state index contributed by atoms with van der Waals surface area (Å²) < 4.78 is 0. The van der Waals surface area contributed by atoms with Crippen LogP contribution in [0.4, 0.5) is 5.69 Å². The van der Waals surface area contributed by atoms with Gasteiger partial charge in [0.25, 0.3) is 0 Å². The molecule has 0 aliphatic carbocycles. The van der Waals surface area contributed by atoms with Gasteiger partial charge in [0.15, 0.2) is 0 Å². The fourth-order valence-electron chi connectivity index (χ4n) is 2.85. The van der Waals surface area contributed by atoms with Crippen LogP contribution in [-0.2, 0) is 11.2 Å². The number of carbonyl (C=O) groups is 1. The molecule has 0 bridgehead atoms. The summed E-state index contributed by atoms with van der Waals surface area (Å²) in [5, 5.41) is 3.41. The minimum absolute atomic E-state index is 0.0702. The van der Waals surface area contributed by atoms with Crippen molar-refractivity contribution in [2.75, 3.05) is 39.0 Å². The number of hydrogen-bond acceptors (Lipinski definition) is 3. The molecule has 1 aliphatic rings. The lowest BCUT2D eigenvalue weighted by atomic mass is 9.97. The SMILES string of the molecule is CCN(CCCN(C)C)C(=O)C1CCc2ccccc2N1. The number of aryl methyl sites for hydroxylation is 1. The highest BCUT2D eigenvalue weighted by atomic mass is 16.2. The lowest BCUT2D eigenvalue weighted by Gasteiger charge is -2.31. The van der Waals surface area contributed by atoms with E-state index in [-0.39, 0.29) is 11.9 Å². The van der Waals surface area contributed by atoms with E-state index in [9.17, 15) is 4.79 Å². The van der Waals surface area contributed by atoms with Crippen LogP contribution in [0.1, 0.15) is 25.3 Å². The van der Waals surface area contributed by atoms with Crippen LogP contribution in [0.15, 0.2) is 24.3 Å². The van der Waals surface area contributed by atoms with Gasteiger partial charge in [0.05, 0.1) is 0 Å². The summed E-state index contributed by atoms with van der Waals surface area (Å²) in [5.74, 6) is 0.241. The first-order valence-corrected chi connectivity index (χ1v) is 7.89. The van der Waals surface area contributed by atoms with Gasteiger partial charge >= 0.3 is 0 Å². The molecule has 0 radical (unpaired) electrons. The molecule has 116 valence electrons. The first-order chi connectivity index (χ1) is 10.1. The number of rotatable bonds is 6. The van der Waals surface area contributed by atoms with E-state index < -0.39 is 0 Å². The fraction of sp³-hybridized carbons (Fsp3) is 0.588. The van der Waals surface area contributed by atoms with Gasteiger partial charge in [0, 0.05) is 18.8 Å². The molecule has 0 spiro atoms. The minimum atomic E-state index is -0.0702. The van der Waals surface area contributed by atoms with Gasteiger partial charge in [-0.3, -0.25) is 4.79 Å². The summed E-state index contributed by atoms with van der Waals surface area (Å²) in [4.78, 5) is 16.8. The Morgan fingerprint density at radius 2 is 2.05 bits per heavy atom. The quantitative estimate of drug-likeness (QED) is 0.872. The Morgan fingerprint density at radius 1 is 1.29 bits per heavy atom. The van der Waals surface area contributed by atoms with Crippen molar-refractivity contribution < 1.29 is 4.79 Å². The number of likely N-dealkylation sites (N-methyl/N-ethyl adjacent to an activating group) is 1. The molecule has 1 aromatic rings. The summed E-state index contributed by atoms with van der Waals surface area (Å²) in [6.07, 6.45) is 2.89. The van der Waals surface area contributed by atoms with Crippen LogP contribution in [0, 0.1) is 0 Å². The van der Waals surface area contributed by atoms with E-state index in [0.717, 1.165) is 44.6 Å². The maximum atomic E-state index is 12.7. The summed E-state index contributed by atoms with van der Waals surface area (Å²) >= 11 is 0. The molecule has 1 unspecified atom stereocenters. The number of para-hydroxylation sites is 1. The Morgan fingerprint density at radius 3 is 2.76 bits per heavy atom. The van der Waals surface area contributed by atoms with Gasteiger partial charge in [-0.1, -0.05) is 18.2 Å². The van der Waals surface area contributed by atoms with Crippen LogP contribution >= 0.6 is 0 Å². The Kier molecular flexibility index (Phi) is 5.62. The first-order valence-electron chi connectivity index (χ1n) is 7.89. The Labute approximate surface area is 128 Å². The van der Waals surface area contributed by atoms with Crippen LogP contribution in [0.25, 0.3) is 0 Å². The largest absolute Gasteiger partial charge is 0.373 e. The van der Waals surface area contributed by atoms with Crippen molar-refractivity contribution >= 4 is 11.6 Å². The molecule has 1 aromatic carbocycles. The molecule has 0 fully saturated rings. The topological polar surface area (TPSA) is 35.6 Å². The van der Waals surface area contributed by atoms with E-state index in [0.29, 0.717) is 0 Å². The fourth-order valence-corrected chi connectivity index (χ4v) is 2.85. The van der Waals surface area contributed by atoms with E-state index in [1.54, 1.807) is 0 Å². The zero-order valence-electron chi connectivity index (χ0n) is 13.4. The van der Waals surface area contributed by atoms with Crippen molar-refractivity contribution in [3.63, 3.8) is 0 Å². The molecule has 0 aromatic heterocycles. The molecule has 1 atom stereocenters. The van der Waals surface area contributed by atoms with E-state index in [1.807, 2.05) is 11.0 Å². The molecule has 21 heavy (non-hydrogen) atoms. The lowest BCUT2D eigenvalue weighted by Crippen LogP contribution is -2.45. The lowest BCUT2D eigenvalue weighted by molar-refractivity contribution is -0.132. The second-order valence-corrected chi connectivity index (χ2v) is 5.97. The van der Waals surface area contributed by atoms with Crippen LogP contribution in [0.2, 0.25) is 0 Å². The third-order valence-corrected chi connectivity index (χ3v) is 4.07. The first kappa shape index (κ1) is 15.8. The average Bonchev–Trinajstić information content (AvgIpc) is 2.50. The van der Waals surface area contributed by atoms with Gasteiger partial charge in [-0.15, -0.1) is 0 Å². The molecule has 4 nitrogen and oxygen atoms in total. The number of hydrogen-bond donors (Lipinski definition) is 1. The average molecular weight is 289 g/mol. The second-order valence-electron chi connectivity index (χ2n) is 5.97. The number of nitrogens with one attached hydrogen (secondary N) is 1. The van der Waals surface area contributed by atoms with Gasteiger partial charge in [-0.25, -0.2) is 0 Å². The molecule has 1 heterocycles. The number of carbonyl (C=O) groups excluding carboxylic acids is 1. The van der Waals surface area contributed by atoms with E-state index in [4.69, 9.17) is 0 Å². The van der Waals surface area contributed by atoms with Gasteiger partial charge < -0.3 is 15.1 Å². The molecular weight excluding hydrogens is 262 g/mol. The van der Waals surface area contributed by atoms with Crippen LogP contribution in [0.5, 0.6) is 0 Å². The molecule has 1 N–H and O–H groups in total. The predicted molar refractivity (Wildman–Crippen MR) is 87.6 cm³/mol. The maximum Gasteiger partial charge on any atom is 0.245 e. The number of amides is 1. The predicted octanol–water partition coefficient (Wildman–Crippen LogP) is 2.21. The number of benzene rings is 1. The molecule has 0 saturated carbocycles. The summed E-state index contributed by atoms with van der Waals surface area (Å²) in [5.41, 5.74) is 2.43. The Bertz CT molecular complexity index is 473. The highest BCUT2D eigenvalue weighted by molar-refractivity contribution is 5.85. The summed E-state index contributed by atoms with van der Waals surface area (Å²) in [6, 6.07) is 8.21. The van der Waals surface area contributed by atoms with E-state index in [2.05, 4.69) is 49.4 Å². The number of nitrogens with zero attached hydrogens (tertiary/aromatic N) is 2. The monoisotopic (exact) mass is 289 g/mol. The molecule has 2 rings (SSSR count). The van der Waals surface area contributed by atoms with Crippen LogP contribution in [0.3, 0.4) is 0 Å². The third kappa shape index (κ3) is 4.21. The Hall–Kier alpha value is -1.55. The summed E-state index contributed by atoms with van der Waals surface area (Å²) in [7, 11) is 4.13. The molecule has 1 amide bonds. The van der Waals surface area contributed by atoms with Crippen molar-refractivity contribution in [2.24, 2.45) is 0 Å². The zero-order chi connectivity index (χ0) is 15.2. The minimum Gasteiger partial charge on any atom is -0.373 e.